The smallest absolute Gasteiger partial charge is 0.220 e. The molecule has 1 amide bonds. The van der Waals surface area contributed by atoms with E-state index in [1.54, 1.807) is 18.4 Å². The van der Waals surface area contributed by atoms with Crippen LogP contribution < -0.4 is 10.1 Å². The number of thiazole rings is 1. The number of methoxy groups -OCH3 is 1. The van der Waals surface area contributed by atoms with E-state index in [0.29, 0.717) is 19.4 Å². The number of amides is 1. The quantitative estimate of drug-likeness (QED) is 0.766. The summed E-state index contributed by atoms with van der Waals surface area (Å²) in [7, 11) is 1.66. The lowest BCUT2D eigenvalue weighted by Gasteiger charge is -2.26. The van der Waals surface area contributed by atoms with Gasteiger partial charge in [-0.3, -0.25) is 9.69 Å². The summed E-state index contributed by atoms with van der Waals surface area (Å²) in [6.45, 7) is 5.04. The Hall–Kier alpha value is -1.96. The number of hydrogen-bond donors (Lipinski definition) is 1. The van der Waals surface area contributed by atoms with Gasteiger partial charge in [0.05, 0.1) is 26.0 Å². The zero-order valence-corrected chi connectivity index (χ0v) is 15.9. The molecule has 26 heavy (non-hydrogen) atoms. The van der Waals surface area contributed by atoms with Crippen LogP contribution in [0.4, 0.5) is 0 Å². The second kappa shape index (κ2) is 9.66. The highest BCUT2D eigenvalue weighted by atomic mass is 32.1. The standard InChI is InChI=1S/C19H25N3O3S/c1-24-17-5-2-15(3-6-17)19-21-16(14-26-19)4-7-18(23)20-8-9-22-10-12-25-13-11-22/h2-3,5-6,14H,4,7-13H2,1H3,(H,20,23). The Bertz CT molecular complexity index is 696. The molecule has 1 fully saturated rings. The van der Waals surface area contributed by atoms with Gasteiger partial charge in [-0.15, -0.1) is 11.3 Å². The summed E-state index contributed by atoms with van der Waals surface area (Å²) in [6, 6.07) is 7.86. The number of benzene rings is 1. The van der Waals surface area contributed by atoms with E-state index in [4.69, 9.17) is 9.47 Å². The van der Waals surface area contributed by atoms with Crippen molar-refractivity contribution in [3.63, 3.8) is 0 Å². The highest BCUT2D eigenvalue weighted by Gasteiger charge is 2.11. The van der Waals surface area contributed by atoms with Crippen LogP contribution in [0.1, 0.15) is 12.1 Å². The van der Waals surface area contributed by atoms with Crippen LogP contribution in [0, 0.1) is 0 Å². The number of carbonyl (C=O) groups is 1. The van der Waals surface area contributed by atoms with Crippen molar-refractivity contribution >= 4 is 17.2 Å². The maximum absolute atomic E-state index is 12.0. The van der Waals surface area contributed by atoms with E-state index in [1.807, 2.05) is 29.6 Å². The average Bonchev–Trinajstić information content (AvgIpc) is 3.16. The maximum atomic E-state index is 12.0. The fourth-order valence-electron chi connectivity index (χ4n) is 2.80. The van der Waals surface area contributed by atoms with Crippen molar-refractivity contribution in [2.45, 2.75) is 12.8 Å². The molecule has 6 nitrogen and oxygen atoms in total. The lowest BCUT2D eigenvalue weighted by Crippen LogP contribution is -2.41. The molecule has 0 saturated carbocycles. The van der Waals surface area contributed by atoms with E-state index in [-0.39, 0.29) is 5.91 Å². The molecule has 3 rings (SSSR count). The van der Waals surface area contributed by atoms with Gasteiger partial charge < -0.3 is 14.8 Å². The van der Waals surface area contributed by atoms with Gasteiger partial charge in [-0.05, 0) is 30.7 Å². The molecule has 2 aromatic rings. The van der Waals surface area contributed by atoms with Crippen LogP contribution in [0.15, 0.2) is 29.6 Å². The minimum atomic E-state index is 0.0808. The average molecular weight is 375 g/mol. The summed E-state index contributed by atoms with van der Waals surface area (Å²) in [5.74, 6) is 0.913. The number of carbonyl (C=O) groups excluding carboxylic acids is 1. The lowest BCUT2D eigenvalue weighted by molar-refractivity contribution is -0.121. The molecule has 0 unspecified atom stereocenters. The Morgan fingerprint density at radius 2 is 2.08 bits per heavy atom. The van der Waals surface area contributed by atoms with E-state index in [1.165, 1.54) is 0 Å². The van der Waals surface area contributed by atoms with E-state index in [2.05, 4.69) is 15.2 Å². The molecule has 2 heterocycles. The van der Waals surface area contributed by atoms with Crippen molar-refractivity contribution in [2.24, 2.45) is 0 Å². The first kappa shape index (κ1) is 18.8. The van der Waals surface area contributed by atoms with Crippen LogP contribution in [0.5, 0.6) is 5.75 Å². The number of aryl methyl sites for hydroxylation is 1. The van der Waals surface area contributed by atoms with Crippen molar-refractivity contribution in [1.82, 2.24) is 15.2 Å². The van der Waals surface area contributed by atoms with Gasteiger partial charge in [-0.25, -0.2) is 4.98 Å². The van der Waals surface area contributed by atoms with Crippen LogP contribution in [-0.2, 0) is 16.0 Å². The predicted molar refractivity (Wildman–Crippen MR) is 103 cm³/mol. The summed E-state index contributed by atoms with van der Waals surface area (Å²) in [5.41, 5.74) is 2.03. The van der Waals surface area contributed by atoms with Crippen molar-refractivity contribution in [2.75, 3.05) is 46.5 Å². The zero-order valence-electron chi connectivity index (χ0n) is 15.1. The van der Waals surface area contributed by atoms with Gasteiger partial charge in [0, 0.05) is 43.5 Å². The fourth-order valence-corrected chi connectivity index (χ4v) is 3.66. The molecule has 7 heteroatoms. The number of hydrogen-bond acceptors (Lipinski definition) is 6. The second-order valence-electron chi connectivity index (χ2n) is 6.18. The molecule has 1 aromatic carbocycles. The molecule has 140 valence electrons. The van der Waals surface area contributed by atoms with Crippen LogP contribution in [0.3, 0.4) is 0 Å². The number of aromatic nitrogens is 1. The van der Waals surface area contributed by atoms with Gasteiger partial charge in [0.2, 0.25) is 5.91 Å². The second-order valence-corrected chi connectivity index (χ2v) is 7.03. The van der Waals surface area contributed by atoms with Crippen molar-refractivity contribution < 1.29 is 14.3 Å². The van der Waals surface area contributed by atoms with Gasteiger partial charge in [0.1, 0.15) is 10.8 Å². The van der Waals surface area contributed by atoms with Gasteiger partial charge in [-0.1, -0.05) is 0 Å². The molecule has 1 aliphatic rings. The van der Waals surface area contributed by atoms with Gasteiger partial charge in [-0.2, -0.15) is 0 Å². The van der Waals surface area contributed by atoms with Crippen LogP contribution in [0.25, 0.3) is 10.6 Å². The third-order valence-electron chi connectivity index (χ3n) is 4.35. The highest BCUT2D eigenvalue weighted by molar-refractivity contribution is 7.13. The van der Waals surface area contributed by atoms with Crippen LogP contribution >= 0.6 is 11.3 Å². The third kappa shape index (κ3) is 5.52. The van der Waals surface area contributed by atoms with Crippen LogP contribution in [0.2, 0.25) is 0 Å². The number of ether oxygens (including phenoxy) is 2. The first-order chi connectivity index (χ1) is 12.7. The normalized spacial score (nSPS) is 15.0. The Labute approximate surface area is 158 Å². The van der Waals surface area contributed by atoms with Crippen molar-refractivity contribution in [1.29, 1.82) is 0 Å². The molecule has 1 N–H and O–H groups in total. The number of morpholine rings is 1. The molecular formula is C19H25N3O3S. The molecule has 0 atom stereocenters. The Kier molecular flexibility index (Phi) is 6.99. The number of nitrogens with zero attached hydrogens (tertiary/aromatic N) is 2. The molecular weight excluding hydrogens is 350 g/mol. The van der Waals surface area contributed by atoms with Crippen molar-refractivity contribution in [3.05, 3.63) is 35.3 Å². The Morgan fingerprint density at radius 1 is 1.31 bits per heavy atom. The molecule has 1 aliphatic heterocycles. The molecule has 0 bridgehead atoms. The summed E-state index contributed by atoms with van der Waals surface area (Å²) in [4.78, 5) is 19.0. The fraction of sp³-hybridized carbons (Fsp3) is 0.474. The van der Waals surface area contributed by atoms with Gasteiger partial charge in [0.15, 0.2) is 0 Å². The third-order valence-corrected chi connectivity index (χ3v) is 5.29. The molecule has 1 saturated heterocycles. The van der Waals surface area contributed by atoms with Crippen LogP contribution in [-0.4, -0.2) is 62.3 Å². The van der Waals surface area contributed by atoms with Gasteiger partial charge >= 0.3 is 0 Å². The first-order valence-electron chi connectivity index (χ1n) is 8.90. The van der Waals surface area contributed by atoms with Crippen molar-refractivity contribution in [3.8, 4) is 16.3 Å². The topological polar surface area (TPSA) is 63.7 Å². The monoisotopic (exact) mass is 375 g/mol. The van der Waals surface area contributed by atoms with E-state index in [0.717, 1.165) is 54.9 Å². The van der Waals surface area contributed by atoms with E-state index < -0.39 is 0 Å². The molecule has 0 aliphatic carbocycles. The van der Waals surface area contributed by atoms with E-state index in [9.17, 15) is 4.79 Å². The minimum Gasteiger partial charge on any atom is -0.497 e. The summed E-state index contributed by atoms with van der Waals surface area (Å²) in [5, 5.41) is 5.99. The molecule has 0 radical (unpaired) electrons. The SMILES string of the molecule is COc1ccc(-c2nc(CCC(=O)NCCN3CCOCC3)cs2)cc1. The molecule has 1 aromatic heterocycles. The Balaban J connectivity index is 1.40. The minimum absolute atomic E-state index is 0.0808. The van der Waals surface area contributed by atoms with Gasteiger partial charge in [0.25, 0.3) is 0 Å². The molecule has 0 spiro atoms. The first-order valence-corrected chi connectivity index (χ1v) is 9.78. The predicted octanol–water partition coefficient (Wildman–Crippen LogP) is 2.20. The zero-order chi connectivity index (χ0) is 18.2. The number of nitrogens with one attached hydrogen (secondary N) is 1. The lowest BCUT2D eigenvalue weighted by atomic mass is 10.2. The summed E-state index contributed by atoms with van der Waals surface area (Å²) < 4.78 is 10.5. The number of rotatable bonds is 8. The Morgan fingerprint density at radius 3 is 2.81 bits per heavy atom. The highest BCUT2D eigenvalue weighted by Crippen LogP contribution is 2.26. The van der Waals surface area contributed by atoms with E-state index >= 15 is 0 Å². The summed E-state index contributed by atoms with van der Waals surface area (Å²) >= 11 is 1.60. The maximum Gasteiger partial charge on any atom is 0.220 e. The summed E-state index contributed by atoms with van der Waals surface area (Å²) in [6.07, 6.45) is 1.13. The largest absolute Gasteiger partial charge is 0.497 e.